The molecule has 0 saturated heterocycles. The second kappa shape index (κ2) is 3.99. The Hall–Kier alpha value is -3.02. The van der Waals surface area contributed by atoms with Gasteiger partial charge in [0.05, 0.1) is 10.5 Å². The van der Waals surface area contributed by atoms with Crippen molar-refractivity contribution in [2.75, 3.05) is 5.73 Å². The predicted molar refractivity (Wildman–Crippen MR) is 70.8 cm³/mol. The Labute approximate surface area is 113 Å². The van der Waals surface area contributed by atoms with Gasteiger partial charge in [0.15, 0.2) is 5.78 Å². The van der Waals surface area contributed by atoms with Crippen LogP contribution in [0, 0.1) is 10.1 Å². The number of nitro benzene ring substituents is 1. The summed E-state index contributed by atoms with van der Waals surface area (Å²) in [6.45, 7) is 0. The average Bonchev–Trinajstić information content (AvgIpc) is 2.43. The number of fused-ring (bicyclic) bond motifs is 2. The molecule has 98 valence electrons. The van der Waals surface area contributed by atoms with E-state index in [2.05, 4.69) is 0 Å². The van der Waals surface area contributed by atoms with Crippen molar-refractivity contribution in [2.45, 2.75) is 0 Å². The molecule has 2 aromatic rings. The Balaban J connectivity index is 2.39. The summed E-state index contributed by atoms with van der Waals surface area (Å²) in [5.41, 5.74) is 5.58. The summed E-state index contributed by atoms with van der Waals surface area (Å²) >= 11 is 0. The normalized spacial score (nSPS) is 12.8. The minimum Gasteiger partial charge on any atom is -0.398 e. The lowest BCUT2D eigenvalue weighted by Gasteiger charge is -2.18. The SMILES string of the molecule is Nc1cccc2c1C(=O)c1c(cccc1[N+](=O)[O-])C2=O. The number of carbonyl (C=O) groups is 2. The molecule has 1 aliphatic rings. The van der Waals surface area contributed by atoms with E-state index >= 15 is 0 Å². The number of nitrogens with zero attached hydrogens (tertiary/aromatic N) is 1. The molecule has 0 aliphatic heterocycles. The van der Waals surface area contributed by atoms with Crippen LogP contribution in [0.25, 0.3) is 0 Å². The monoisotopic (exact) mass is 268 g/mol. The van der Waals surface area contributed by atoms with Crippen molar-refractivity contribution < 1.29 is 14.5 Å². The van der Waals surface area contributed by atoms with E-state index < -0.39 is 16.5 Å². The number of nitrogens with two attached hydrogens (primary N) is 1. The van der Waals surface area contributed by atoms with E-state index in [-0.39, 0.29) is 33.6 Å². The molecular weight excluding hydrogens is 260 g/mol. The highest BCUT2D eigenvalue weighted by Crippen LogP contribution is 2.35. The van der Waals surface area contributed by atoms with Gasteiger partial charge in [0.1, 0.15) is 5.56 Å². The molecule has 0 bridgehead atoms. The third-order valence-corrected chi connectivity index (χ3v) is 3.28. The molecule has 0 unspecified atom stereocenters. The highest BCUT2D eigenvalue weighted by Gasteiger charge is 2.36. The summed E-state index contributed by atoms with van der Waals surface area (Å²) in [6.07, 6.45) is 0. The zero-order chi connectivity index (χ0) is 14.4. The molecule has 0 amide bonds. The highest BCUT2D eigenvalue weighted by atomic mass is 16.6. The number of rotatable bonds is 1. The van der Waals surface area contributed by atoms with Crippen LogP contribution in [0.3, 0.4) is 0 Å². The maximum atomic E-state index is 12.5. The van der Waals surface area contributed by atoms with Crippen LogP contribution in [0.5, 0.6) is 0 Å². The lowest BCUT2D eigenvalue weighted by atomic mass is 9.82. The largest absolute Gasteiger partial charge is 0.398 e. The van der Waals surface area contributed by atoms with Gasteiger partial charge >= 0.3 is 0 Å². The first-order valence-corrected chi connectivity index (χ1v) is 5.77. The smallest absolute Gasteiger partial charge is 0.281 e. The fourth-order valence-electron chi connectivity index (χ4n) is 2.40. The van der Waals surface area contributed by atoms with Crippen molar-refractivity contribution in [3.8, 4) is 0 Å². The molecule has 0 radical (unpaired) electrons. The fraction of sp³-hybridized carbons (Fsp3) is 0. The topological polar surface area (TPSA) is 103 Å². The minimum atomic E-state index is -0.672. The van der Waals surface area contributed by atoms with Crippen LogP contribution >= 0.6 is 0 Å². The number of anilines is 1. The maximum absolute atomic E-state index is 12.5. The van der Waals surface area contributed by atoms with Gasteiger partial charge in [-0.15, -0.1) is 0 Å². The van der Waals surface area contributed by atoms with Crippen molar-refractivity contribution in [2.24, 2.45) is 0 Å². The zero-order valence-corrected chi connectivity index (χ0v) is 10.1. The Morgan fingerprint density at radius 1 is 0.900 bits per heavy atom. The van der Waals surface area contributed by atoms with Crippen LogP contribution < -0.4 is 5.73 Å². The van der Waals surface area contributed by atoms with Gasteiger partial charge in [0, 0.05) is 22.9 Å². The molecule has 0 fully saturated rings. The number of hydrogen-bond donors (Lipinski definition) is 1. The second-order valence-electron chi connectivity index (χ2n) is 4.38. The van der Waals surface area contributed by atoms with E-state index in [1.165, 1.54) is 30.3 Å². The van der Waals surface area contributed by atoms with E-state index in [4.69, 9.17) is 5.73 Å². The fourth-order valence-corrected chi connectivity index (χ4v) is 2.40. The van der Waals surface area contributed by atoms with Crippen LogP contribution in [0.15, 0.2) is 36.4 Å². The molecule has 0 heterocycles. The van der Waals surface area contributed by atoms with Crippen LogP contribution in [0.1, 0.15) is 31.8 Å². The summed E-state index contributed by atoms with van der Waals surface area (Å²) in [6, 6.07) is 8.56. The van der Waals surface area contributed by atoms with Crippen molar-refractivity contribution in [3.05, 3.63) is 68.8 Å². The first kappa shape index (κ1) is 12.0. The van der Waals surface area contributed by atoms with E-state index in [1.54, 1.807) is 6.07 Å². The summed E-state index contributed by atoms with van der Waals surface area (Å²) in [5, 5.41) is 11.0. The van der Waals surface area contributed by atoms with Gasteiger partial charge in [-0.3, -0.25) is 19.7 Å². The first-order chi connectivity index (χ1) is 9.52. The number of nitro groups is 1. The molecule has 2 aromatic carbocycles. The second-order valence-corrected chi connectivity index (χ2v) is 4.38. The third kappa shape index (κ3) is 1.45. The maximum Gasteiger partial charge on any atom is 0.281 e. The van der Waals surface area contributed by atoms with Crippen LogP contribution in [-0.4, -0.2) is 16.5 Å². The summed E-state index contributed by atoms with van der Waals surface area (Å²) in [4.78, 5) is 35.2. The Kier molecular flexibility index (Phi) is 2.40. The highest BCUT2D eigenvalue weighted by molar-refractivity contribution is 6.31. The van der Waals surface area contributed by atoms with Gasteiger partial charge in [0.2, 0.25) is 5.78 Å². The molecule has 6 nitrogen and oxygen atoms in total. The van der Waals surface area contributed by atoms with Gasteiger partial charge in [0.25, 0.3) is 5.69 Å². The van der Waals surface area contributed by atoms with Gasteiger partial charge in [-0.1, -0.05) is 18.2 Å². The van der Waals surface area contributed by atoms with Crippen LogP contribution in [0.2, 0.25) is 0 Å². The molecule has 20 heavy (non-hydrogen) atoms. The van der Waals surface area contributed by atoms with Gasteiger partial charge in [-0.25, -0.2) is 0 Å². The average molecular weight is 268 g/mol. The number of benzene rings is 2. The Morgan fingerprint density at radius 3 is 2.15 bits per heavy atom. The van der Waals surface area contributed by atoms with Crippen LogP contribution in [0.4, 0.5) is 11.4 Å². The van der Waals surface area contributed by atoms with E-state index in [0.717, 1.165) is 0 Å². The molecule has 6 heteroatoms. The van der Waals surface area contributed by atoms with Crippen LogP contribution in [-0.2, 0) is 0 Å². The van der Waals surface area contributed by atoms with Crippen molar-refractivity contribution in [1.82, 2.24) is 0 Å². The summed E-state index contributed by atoms with van der Waals surface area (Å²) in [7, 11) is 0. The van der Waals surface area contributed by atoms with E-state index in [0.29, 0.717) is 0 Å². The number of hydrogen-bond acceptors (Lipinski definition) is 5. The van der Waals surface area contributed by atoms with Gasteiger partial charge in [-0.05, 0) is 12.1 Å². The number of carbonyl (C=O) groups excluding carboxylic acids is 2. The molecule has 0 spiro atoms. The Morgan fingerprint density at radius 2 is 1.50 bits per heavy atom. The lowest BCUT2D eigenvalue weighted by molar-refractivity contribution is -0.385. The minimum absolute atomic E-state index is 0.0410. The van der Waals surface area contributed by atoms with Crippen molar-refractivity contribution in [3.63, 3.8) is 0 Å². The van der Waals surface area contributed by atoms with E-state index in [9.17, 15) is 19.7 Å². The standard InChI is InChI=1S/C14H8N2O4/c15-9-5-1-3-7-11(9)14(18)12-8(13(7)17)4-2-6-10(12)16(19)20/h1-6H,15H2. The predicted octanol–water partition coefficient (Wildman–Crippen LogP) is 1.95. The summed E-state index contributed by atoms with van der Waals surface area (Å²) in [5.74, 6) is -1.01. The van der Waals surface area contributed by atoms with Gasteiger partial charge < -0.3 is 5.73 Å². The number of ketones is 2. The van der Waals surface area contributed by atoms with Crippen molar-refractivity contribution >= 4 is 22.9 Å². The number of nitrogen functional groups attached to an aromatic ring is 1. The first-order valence-electron chi connectivity index (χ1n) is 5.77. The molecule has 2 N–H and O–H groups in total. The molecule has 0 saturated carbocycles. The zero-order valence-electron chi connectivity index (χ0n) is 10.1. The van der Waals surface area contributed by atoms with Gasteiger partial charge in [-0.2, -0.15) is 0 Å². The third-order valence-electron chi connectivity index (χ3n) is 3.28. The quantitative estimate of drug-likeness (QED) is 0.412. The van der Waals surface area contributed by atoms with E-state index in [1.807, 2.05) is 0 Å². The molecule has 1 aliphatic carbocycles. The molecule has 0 aromatic heterocycles. The molecular formula is C14H8N2O4. The molecule has 0 atom stereocenters. The summed E-state index contributed by atoms with van der Waals surface area (Å²) < 4.78 is 0. The Bertz CT molecular complexity index is 796. The molecule has 3 rings (SSSR count). The lowest BCUT2D eigenvalue weighted by Crippen LogP contribution is -2.23. The van der Waals surface area contributed by atoms with Crippen molar-refractivity contribution in [1.29, 1.82) is 0 Å².